The van der Waals surface area contributed by atoms with Crippen molar-refractivity contribution in [3.8, 4) is 0 Å². The number of benzene rings is 2. The number of rotatable bonds is 2. The van der Waals surface area contributed by atoms with Gasteiger partial charge in [0.2, 0.25) is 0 Å². The lowest BCUT2D eigenvalue weighted by Crippen LogP contribution is -3.15. The summed E-state index contributed by atoms with van der Waals surface area (Å²) in [5.41, 5.74) is 2.71. The zero-order chi connectivity index (χ0) is 15.8. The molecular weight excluding hydrogens is 295 g/mol. The van der Waals surface area contributed by atoms with E-state index >= 15 is 0 Å². The standard InChI is InChI=1S/C18H17FN2O2/c19-13-5-7-14(8-6-13)20-9-11-21(12-10-20)17-15-3-1-2-4-16(15)18(22)23-17/h1-8,17H,9-12H2/p+1. The summed E-state index contributed by atoms with van der Waals surface area (Å²) in [4.78, 5) is 15.5. The number of piperazine rings is 1. The zero-order valence-corrected chi connectivity index (χ0v) is 12.7. The number of nitrogens with zero attached hydrogens (tertiary/aromatic N) is 1. The van der Waals surface area contributed by atoms with Gasteiger partial charge in [-0.3, -0.25) is 4.90 Å². The third-order valence-corrected chi connectivity index (χ3v) is 4.66. The SMILES string of the molecule is O=C1OC([NH+]2CCN(c3ccc(F)cc3)CC2)c2ccccc21. The van der Waals surface area contributed by atoms with Gasteiger partial charge in [-0.2, -0.15) is 0 Å². The first-order chi connectivity index (χ1) is 11.2. The lowest BCUT2D eigenvalue weighted by Gasteiger charge is -2.35. The van der Waals surface area contributed by atoms with Crippen LogP contribution in [0.15, 0.2) is 48.5 Å². The van der Waals surface area contributed by atoms with E-state index in [9.17, 15) is 9.18 Å². The van der Waals surface area contributed by atoms with Gasteiger partial charge in [0.1, 0.15) is 5.82 Å². The molecule has 0 saturated carbocycles. The molecule has 0 radical (unpaired) electrons. The molecule has 5 heteroatoms. The number of carbonyl (C=O) groups excluding carboxylic acids is 1. The third-order valence-electron chi connectivity index (χ3n) is 4.66. The molecule has 2 aliphatic heterocycles. The van der Waals surface area contributed by atoms with Crippen LogP contribution in [-0.2, 0) is 4.74 Å². The van der Waals surface area contributed by atoms with Crippen LogP contribution < -0.4 is 9.80 Å². The molecule has 1 saturated heterocycles. The van der Waals surface area contributed by atoms with Crippen LogP contribution in [0, 0.1) is 5.82 Å². The summed E-state index contributed by atoms with van der Waals surface area (Å²) in [6.07, 6.45) is -0.200. The normalized spacial score (nSPS) is 21.2. The number of carbonyl (C=O) groups is 1. The average Bonchev–Trinajstić information content (AvgIpc) is 2.93. The number of esters is 1. The first-order valence-electron chi connectivity index (χ1n) is 7.87. The minimum Gasteiger partial charge on any atom is -0.404 e. The van der Waals surface area contributed by atoms with E-state index in [0.29, 0.717) is 5.56 Å². The predicted octanol–water partition coefficient (Wildman–Crippen LogP) is 1.40. The van der Waals surface area contributed by atoms with Gasteiger partial charge in [-0.05, 0) is 36.4 Å². The van der Waals surface area contributed by atoms with Crippen molar-refractivity contribution >= 4 is 11.7 Å². The zero-order valence-electron chi connectivity index (χ0n) is 12.7. The van der Waals surface area contributed by atoms with Crippen molar-refractivity contribution in [1.29, 1.82) is 0 Å². The number of hydrogen-bond acceptors (Lipinski definition) is 3. The van der Waals surface area contributed by atoms with Gasteiger partial charge in [-0.15, -0.1) is 0 Å². The van der Waals surface area contributed by atoms with Gasteiger partial charge in [0, 0.05) is 5.69 Å². The average molecular weight is 313 g/mol. The van der Waals surface area contributed by atoms with Crippen molar-refractivity contribution in [2.45, 2.75) is 6.23 Å². The molecule has 1 unspecified atom stereocenters. The van der Waals surface area contributed by atoms with Crippen LogP contribution in [0.1, 0.15) is 22.1 Å². The van der Waals surface area contributed by atoms with Crippen molar-refractivity contribution in [3.05, 3.63) is 65.5 Å². The molecule has 2 aromatic rings. The Morgan fingerprint density at radius 2 is 1.74 bits per heavy atom. The molecule has 118 valence electrons. The van der Waals surface area contributed by atoms with Crippen LogP contribution in [0.5, 0.6) is 0 Å². The number of ether oxygens (including phenoxy) is 1. The minimum absolute atomic E-state index is 0.200. The number of cyclic esters (lactones) is 1. The van der Waals surface area contributed by atoms with Crippen LogP contribution in [-0.4, -0.2) is 32.1 Å². The van der Waals surface area contributed by atoms with Gasteiger partial charge in [0.05, 0.1) is 37.3 Å². The van der Waals surface area contributed by atoms with E-state index in [1.165, 1.54) is 17.0 Å². The highest BCUT2D eigenvalue weighted by Gasteiger charge is 2.39. The Hall–Kier alpha value is -2.40. The highest BCUT2D eigenvalue weighted by molar-refractivity contribution is 5.93. The molecule has 0 aliphatic carbocycles. The number of quaternary nitrogens is 1. The van der Waals surface area contributed by atoms with E-state index < -0.39 is 0 Å². The fourth-order valence-corrected chi connectivity index (χ4v) is 3.42. The van der Waals surface area contributed by atoms with E-state index in [1.807, 2.05) is 36.4 Å². The molecule has 1 atom stereocenters. The van der Waals surface area contributed by atoms with Gasteiger partial charge in [0.25, 0.3) is 6.23 Å². The van der Waals surface area contributed by atoms with Gasteiger partial charge in [-0.25, -0.2) is 9.18 Å². The molecule has 2 aromatic carbocycles. The number of halogens is 1. The largest absolute Gasteiger partial charge is 0.404 e. The predicted molar refractivity (Wildman–Crippen MR) is 83.9 cm³/mol. The summed E-state index contributed by atoms with van der Waals surface area (Å²) < 4.78 is 18.6. The molecule has 0 bridgehead atoms. The molecule has 0 spiro atoms. The first-order valence-corrected chi connectivity index (χ1v) is 7.87. The van der Waals surface area contributed by atoms with Crippen LogP contribution >= 0.6 is 0 Å². The van der Waals surface area contributed by atoms with E-state index in [0.717, 1.165) is 37.4 Å². The maximum Gasteiger partial charge on any atom is 0.343 e. The smallest absolute Gasteiger partial charge is 0.343 e. The second kappa shape index (κ2) is 5.66. The van der Waals surface area contributed by atoms with Crippen molar-refractivity contribution in [1.82, 2.24) is 0 Å². The Balaban J connectivity index is 1.46. The Labute approximate surface area is 134 Å². The number of fused-ring (bicyclic) bond motifs is 1. The molecule has 23 heavy (non-hydrogen) atoms. The summed E-state index contributed by atoms with van der Waals surface area (Å²) >= 11 is 0. The summed E-state index contributed by atoms with van der Waals surface area (Å²) in [5.74, 6) is -0.438. The fraction of sp³-hybridized carbons (Fsp3) is 0.278. The van der Waals surface area contributed by atoms with Crippen LogP contribution in [0.25, 0.3) is 0 Å². The minimum atomic E-state index is -0.223. The molecule has 4 rings (SSSR count). The Morgan fingerprint density at radius 3 is 2.48 bits per heavy atom. The molecule has 2 heterocycles. The van der Waals surface area contributed by atoms with Crippen LogP contribution in [0.2, 0.25) is 0 Å². The summed E-state index contributed by atoms with van der Waals surface area (Å²) in [7, 11) is 0. The van der Waals surface area contributed by atoms with Gasteiger partial charge < -0.3 is 9.64 Å². The molecular formula is C18H18FN2O2+. The van der Waals surface area contributed by atoms with Crippen molar-refractivity contribution < 1.29 is 18.8 Å². The number of anilines is 1. The van der Waals surface area contributed by atoms with E-state index in [4.69, 9.17) is 4.74 Å². The Bertz CT molecular complexity index is 724. The Morgan fingerprint density at radius 1 is 1.04 bits per heavy atom. The maximum atomic E-state index is 13.0. The topological polar surface area (TPSA) is 34.0 Å². The van der Waals surface area contributed by atoms with Crippen molar-refractivity contribution in [2.24, 2.45) is 0 Å². The summed E-state index contributed by atoms with van der Waals surface area (Å²) in [6, 6.07) is 14.2. The van der Waals surface area contributed by atoms with E-state index in [-0.39, 0.29) is 18.0 Å². The fourth-order valence-electron chi connectivity index (χ4n) is 3.42. The second-order valence-electron chi connectivity index (χ2n) is 5.99. The van der Waals surface area contributed by atoms with E-state index in [1.54, 1.807) is 0 Å². The Kier molecular flexibility index (Phi) is 3.50. The summed E-state index contributed by atoms with van der Waals surface area (Å²) in [6.45, 7) is 3.47. The molecule has 2 aliphatic rings. The molecule has 1 N–H and O–H groups in total. The van der Waals surface area contributed by atoms with Crippen molar-refractivity contribution in [2.75, 3.05) is 31.1 Å². The third kappa shape index (κ3) is 2.57. The highest BCUT2D eigenvalue weighted by Crippen LogP contribution is 2.26. The first kappa shape index (κ1) is 14.2. The highest BCUT2D eigenvalue weighted by atomic mass is 19.1. The lowest BCUT2D eigenvalue weighted by atomic mass is 10.1. The quantitative estimate of drug-likeness (QED) is 0.851. The van der Waals surface area contributed by atoms with Gasteiger partial charge in [-0.1, -0.05) is 12.1 Å². The molecule has 1 fully saturated rings. The lowest BCUT2D eigenvalue weighted by molar-refractivity contribution is -0.952. The molecule has 0 amide bonds. The second-order valence-corrected chi connectivity index (χ2v) is 5.99. The molecule has 4 nitrogen and oxygen atoms in total. The van der Waals surface area contributed by atoms with Gasteiger partial charge in [0.15, 0.2) is 0 Å². The summed E-state index contributed by atoms with van der Waals surface area (Å²) in [5, 5.41) is 0. The van der Waals surface area contributed by atoms with Crippen LogP contribution in [0.3, 0.4) is 0 Å². The van der Waals surface area contributed by atoms with Crippen molar-refractivity contribution in [3.63, 3.8) is 0 Å². The monoisotopic (exact) mass is 313 g/mol. The van der Waals surface area contributed by atoms with Gasteiger partial charge >= 0.3 is 5.97 Å². The number of hydrogen-bond donors (Lipinski definition) is 1. The number of nitrogens with one attached hydrogen (secondary N) is 1. The van der Waals surface area contributed by atoms with E-state index in [2.05, 4.69) is 4.90 Å². The van der Waals surface area contributed by atoms with Crippen LogP contribution in [0.4, 0.5) is 10.1 Å². The molecule has 0 aromatic heterocycles. The maximum absolute atomic E-state index is 13.0.